The lowest BCUT2D eigenvalue weighted by molar-refractivity contribution is -0.127. The van der Waals surface area contributed by atoms with E-state index in [1.54, 1.807) is 12.5 Å². The number of hydrogen-bond donors (Lipinski definition) is 4. The molecule has 3 atom stereocenters. The van der Waals surface area contributed by atoms with Gasteiger partial charge in [-0.05, 0) is 43.2 Å². The number of fused-ring (bicyclic) bond motifs is 1. The first-order chi connectivity index (χ1) is 13.2. The van der Waals surface area contributed by atoms with Crippen molar-refractivity contribution in [1.29, 1.82) is 0 Å². The smallest absolute Gasteiger partial charge is 0.223 e. The minimum Gasteiger partial charge on any atom is -0.391 e. The zero-order chi connectivity index (χ0) is 18.6. The van der Waals surface area contributed by atoms with Crippen LogP contribution in [-0.4, -0.2) is 45.7 Å². The van der Waals surface area contributed by atoms with Crippen LogP contribution < -0.4 is 10.6 Å². The third-order valence-corrected chi connectivity index (χ3v) is 5.94. The molecule has 1 fully saturated rings. The second kappa shape index (κ2) is 8.23. The van der Waals surface area contributed by atoms with E-state index in [9.17, 15) is 9.90 Å². The summed E-state index contributed by atoms with van der Waals surface area (Å²) in [6, 6.07) is 9.04. The normalized spacial score (nSPS) is 25.3. The third-order valence-electron chi connectivity index (χ3n) is 5.94. The van der Waals surface area contributed by atoms with Crippen LogP contribution in [0.15, 0.2) is 36.8 Å². The highest BCUT2D eigenvalue weighted by atomic mass is 16.3. The SMILES string of the molecule is O=C(NCCc1cnc[nH]1)[C@H]1CC[C@H](NC2Cc3ccccc3C2)[C@@H](O)C1. The van der Waals surface area contributed by atoms with Crippen molar-refractivity contribution in [2.24, 2.45) is 5.92 Å². The number of aliphatic hydroxyl groups excluding tert-OH is 1. The van der Waals surface area contributed by atoms with Gasteiger partial charge >= 0.3 is 0 Å². The van der Waals surface area contributed by atoms with Crippen LogP contribution in [0.4, 0.5) is 0 Å². The number of amides is 1. The summed E-state index contributed by atoms with van der Waals surface area (Å²) in [5.41, 5.74) is 3.84. The summed E-state index contributed by atoms with van der Waals surface area (Å²) in [6.07, 6.45) is 7.94. The lowest BCUT2D eigenvalue weighted by Crippen LogP contribution is -2.50. The molecule has 0 spiro atoms. The second-order valence-electron chi connectivity index (χ2n) is 7.84. The zero-order valence-electron chi connectivity index (χ0n) is 15.5. The molecular weight excluding hydrogens is 340 g/mol. The van der Waals surface area contributed by atoms with Crippen molar-refractivity contribution >= 4 is 5.91 Å². The van der Waals surface area contributed by atoms with Gasteiger partial charge in [0.05, 0.1) is 12.4 Å². The molecule has 27 heavy (non-hydrogen) atoms. The van der Waals surface area contributed by atoms with Gasteiger partial charge in [-0.15, -0.1) is 0 Å². The van der Waals surface area contributed by atoms with E-state index in [1.165, 1.54) is 11.1 Å². The Morgan fingerprint density at radius 3 is 2.67 bits per heavy atom. The standard InChI is InChI=1S/C21H28N4O2/c26-20-11-16(21(27)23-8-7-17-12-22-13-24-17)5-6-19(20)25-18-9-14-3-1-2-4-15(14)10-18/h1-4,12-13,16,18-20,25-26H,5-11H2,(H,22,24)(H,23,27)/t16-,19-,20-/m0/s1. The molecule has 1 aromatic heterocycles. The predicted octanol–water partition coefficient (Wildman–Crippen LogP) is 1.35. The first kappa shape index (κ1) is 18.2. The van der Waals surface area contributed by atoms with Crippen LogP contribution in [0, 0.1) is 5.92 Å². The highest BCUT2D eigenvalue weighted by Gasteiger charge is 2.34. The van der Waals surface area contributed by atoms with Crippen LogP contribution in [0.1, 0.15) is 36.1 Å². The topological polar surface area (TPSA) is 90.0 Å². The fourth-order valence-corrected chi connectivity index (χ4v) is 4.44. The van der Waals surface area contributed by atoms with Gasteiger partial charge in [-0.2, -0.15) is 0 Å². The zero-order valence-corrected chi connectivity index (χ0v) is 15.5. The molecule has 2 aromatic rings. The van der Waals surface area contributed by atoms with E-state index in [-0.39, 0.29) is 17.9 Å². The molecule has 0 aliphatic heterocycles. The maximum Gasteiger partial charge on any atom is 0.223 e. The molecule has 1 aromatic carbocycles. The van der Waals surface area contributed by atoms with Crippen LogP contribution in [0.25, 0.3) is 0 Å². The maximum absolute atomic E-state index is 12.4. The van der Waals surface area contributed by atoms with Gasteiger partial charge in [0.25, 0.3) is 0 Å². The lowest BCUT2D eigenvalue weighted by Gasteiger charge is -2.34. The quantitative estimate of drug-likeness (QED) is 0.620. The Kier molecular flexibility index (Phi) is 5.55. The van der Waals surface area contributed by atoms with Crippen molar-refractivity contribution in [1.82, 2.24) is 20.6 Å². The summed E-state index contributed by atoms with van der Waals surface area (Å²) < 4.78 is 0. The molecule has 144 valence electrons. The van der Waals surface area contributed by atoms with Crippen LogP contribution in [0.5, 0.6) is 0 Å². The number of imidazole rings is 1. The molecular formula is C21H28N4O2. The Balaban J connectivity index is 1.21. The van der Waals surface area contributed by atoms with Gasteiger partial charge in [0.2, 0.25) is 5.91 Å². The van der Waals surface area contributed by atoms with E-state index >= 15 is 0 Å². The van der Waals surface area contributed by atoms with Gasteiger partial charge in [0.1, 0.15) is 0 Å². The van der Waals surface area contributed by atoms with Crippen molar-refractivity contribution in [2.75, 3.05) is 6.54 Å². The fourth-order valence-electron chi connectivity index (χ4n) is 4.44. The van der Waals surface area contributed by atoms with Crippen LogP contribution in [-0.2, 0) is 24.1 Å². The predicted molar refractivity (Wildman–Crippen MR) is 103 cm³/mol. The second-order valence-corrected chi connectivity index (χ2v) is 7.84. The number of aromatic nitrogens is 2. The van der Waals surface area contributed by atoms with E-state index in [1.807, 2.05) is 0 Å². The summed E-state index contributed by atoms with van der Waals surface area (Å²) in [7, 11) is 0. The number of nitrogens with zero attached hydrogens (tertiary/aromatic N) is 1. The lowest BCUT2D eigenvalue weighted by atomic mass is 9.83. The summed E-state index contributed by atoms with van der Waals surface area (Å²) >= 11 is 0. The summed E-state index contributed by atoms with van der Waals surface area (Å²) in [5, 5.41) is 17.2. The number of carbonyl (C=O) groups excluding carboxylic acids is 1. The Bertz CT molecular complexity index is 736. The van der Waals surface area contributed by atoms with Gasteiger partial charge < -0.3 is 20.7 Å². The van der Waals surface area contributed by atoms with Crippen molar-refractivity contribution in [3.05, 3.63) is 53.6 Å². The molecule has 1 amide bonds. The number of hydrogen-bond acceptors (Lipinski definition) is 4. The van der Waals surface area contributed by atoms with Gasteiger partial charge in [-0.25, -0.2) is 4.98 Å². The molecule has 0 saturated heterocycles. The molecule has 4 rings (SSSR count). The highest BCUT2D eigenvalue weighted by Crippen LogP contribution is 2.28. The first-order valence-corrected chi connectivity index (χ1v) is 9.95. The molecule has 2 aliphatic carbocycles. The summed E-state index contributed by atoms with van der Waals surface area (Å²) in [4.78, 5) is 19.4. The number of H-pyrrole nitrogens is 1. The number of aliphatic hydroxyl groups is 1. The van der Waals surface area contributed by atoms with Gasteiger partial charge in [-0.1, -0.05) is 24.3 Å². The summed E-state index contributed by atoms with van der Waals surface area (Å²) in [6.45, 7) is 0.593. The Hall–Kier alpha value is -2.18. The van der Waals surface area contributed by atoms with Crippen molar-refractivity contribution in [2.45, 2.75) is 56.7 Å². The molecule has 6 heteroatoms. The average molecular weight is 368 g/mol. The average Bonchev–Trinajstić information content (AvgIpc) is 3.32. The molecule has 2 aliphatic rings. The van der Waals surface area contributed by atoms with E-state index < -0.39 is 6.10 Å². The molecule has 1 saturated carbocycles. The Labute approximate surface area is 159 Å². The fraction of sp³-hybridized carbons (Fsp3) is 0.524. The number of aromatic amines is 1. The van der Waals surface area contributed by atoms with Crippen molar-refractivity contribution in [3.63, 3.8) is 0 Å². The molecule has 0 bridgehead atoms. The van der Waals surface area contributed by atoms with Crippen molar-refractivity contribution < 1.29 is 9.90 Å². The monoisotopic (exact) mass is 368 g/mol. The minimum absolute atomic E-state index is 0.0558. The minimum atomic E-state index is -0.467. The van der Waals surface area contributed by atoms with Crippen LogP contribution >= 0.6 is 0 Å². The molecule has 1 heterocycles. The highest BCUT2D eigenvalue weighted by molar-refractivity contribution is 5.78. The van der Waals surface area contributed by atoms with Gasteiger partial charge in [-0.3, -0.25) is 4.79 Å². The first-order valence-electron chi connectivity index (χ1n) is 9.95. The van der Waals surface area contributed by atoms with E-state index in [0.717, 1.165) is 37.8 Å². The number of carbonyl (C=O) groups is 1. The van der Waals surface area contributed by atoms with Crippen LogP contribution in [0.2, 0.25) is 0 Å². The Morgan fingerprint density at radius 1 is 1.22 bits per heavy atom. The third kappa shape index (κ3) is 4.39. The Morgan fingerprint density at radius 2 is 2.00 bits per heavy atom. The number of rotatable bonds is 6. The van der Waals surface area contributed by atoms with E-state index in [4.69, 9.17) is 0 Å². The van der Waals surface area contributed by atoms with E-state index in [0.29, 0.717) is 19.0 Å². The molecule has 6 nitrogen and oxygen atoms in total. The van der Waals surface area contributed by atoms with Gasteiger partial charge in [0, 0.05) is 42.9 Å². The van der Waals surface area contributed by atoms with E-state index in [2.05, 4.69) is 44.9 Å². The maximum atomic E-state index is 12.4. The molecule has 4 N–H and O–H groups in total. The number of nitrogens with one attached hydrogen (secondary N) is 3. The molecule has 0 unspecified atom stereocenters. The number of benzene rings is 1. The van der Waals surface area contributed by atoms with Crippen molar-refractivity contribution in [3.8, 4) is 0 Å². The van der Waals surface area contributed by atoms with Crippen LogP contribution in [0.3, 0.4) is 0 Å². The summed E-state index contributed by atoms with van der Waals surface area (Å²) in [5.74, 6) is -0.0409. The largest absolute Gasteiger partial charge is 0.391 e. The molecule has 0 radical (unpaired) electrons. The van der Waals surface area contributed by atoms with Gasteiger partial charge in [0.15, 0.2) is 0 Å².